The van der Waals surface area contributed by atoms with Crippen molar-refractivity contribution in [2.24, 2.45) is 0 Å². The molecule has 23 heteroatoms. The third-order valence-corrected chi connectivity index (χ3v) is 9.96. The summed E-state index contributed by atoms with van der Waals surface area (Å²) in [5, 5.41) is 9.44. The van der Waals surface area contributed by atoms with Crippen LogP contribution in [-0.4, -0.2) is 148 Å². The van der Waals surface area contributed by atoms with Crippen molar-refractivity contribution < 1.29 is 37.7 Å². The molecular formula is C42H53ClF2N14O6. The molecule has 2 fully saturated rings. The first-order valence-corrected chi connectivity index (χ1v) is 21.3. The number of rotatable bonds is 6. The normalized spacial score (nSPS) is 18.6. The van der Waals surface area contributed by atoms with Crippen molar-refractivity contribution >= 4 is 46.1 Å². The van der Waals surface area contributed by atoms with Gasteiger partial charge in [-0.3, -0.25) is 0 Å². The number of aliphatic hydroxyl groups is 1. The Morgan fingerprint density at radius 1 is 0.677 bits per heavy atom. The van der Waals surface area contributed by atoms with Crippen molar-refractivity contribution in [3.8, 4) is 28.7 Å². The standard InChI is InChI=1S/C21H26FN7O3.C12H11ClN6.C9H16FNO3/c1-6-29-17(13-7-23-12(2)24-8-13)27-16-18(29)25-11-26-19(16)31-15-10-28(9-14(15)22)20(30)32-21(3,4)5;1-3-19-11(8-4-14-7(2)15-5-8)18-9-10(13)16-6-17-12(9)19;1-9(2,3)14-8(13)11-4-6(10)7(12)5-11/h7-8,11,14-15H,6,9-10H2,1-5H3;4-6H,3H2,1-2H3;6-7,12H,4-5H2,1-3H3. The Balaban J connectivity index is 0.000000179. The van der Waals surface area contributed by atoms with Crippen LogP contribution in [0.25, 0.3) is 45.1 Å². The fourth-order valence-corrected chi connectivity index (χ4v) is 6.82. The van der Waals surface area contributed by atoms with Crippen LogP contribution >= 0.6 is 11.6 Å². The second-order valence-corrected chi connectivity index (χ2v) is 17.5. The summed E-state index contributed by atoms with van der Waals surface area (Å²) in [4.78, 5) is 68.9. The smallest absolute Gasteiger partial charge is 0.410 e. The van der Waals surface area contributed by atoms with E-state index >= 15 is 0 Å². The van der Waals surface area contributed by atoms with Crippen molar-refractivity contribution in [3.63, 3.8) is 0 Å². The summed E-state index contributed by atoms with van der Waals surface area (Å²) < 4.78 is 47.7. The lowest BCUT2D eigenvalue weighted by Crippen LogP contribution is -2.36. The highest BCUT2D eigenvalue weighted by Gasteiger charge is 2.40. The topological polar surface area (TPSA) is 227 Å². The lowest BCUT2D eigenvalue weighted by molar-refractivity contribution is 0.0262. The number of aryl methyl sites for hydroxylation is 4. The van der Waals surface area contributed by atoms with Crippen LogP contribution in [0.15, 0.2) is 37.4 Å². The monoisotopic (exact) mass is 922 g/mol. The molecule has 65 heavy (non-hydrogen) atoms. The molecule has 1 N–H and O–H groups in total. The first kappa shape index (κ1) is 48.2. The number of β-amino-alcohol motifs (C(OH)–C–C–N with tert-alkyl or cyclic N) is 1. The third kappa shape index (κ3) is 11.7. The molecule has 8 rings (SSSR count). The van der Waals surface area contributed by atoms with Gasteiger partial charge in [-0.25, -0.2) is 63.2 Å². The van der Waals surface area contributed by atoms with Crippen molar-refractivity contribution in [3.05, 3.63) is 54.2 Å². The van der Waals surface area contributed by atoms with Crippen LogP contribution in [0.5, 0.6) is 5.88 Å². The Morgan fingerprint density at radius 2 is 1.12 bits per heavy atom. The average Bonchev–Trinajstić information content (AvgIpc) is 4.01. The van der Waals surface area contributed by atoms with Crippen LogP contribution in [0.2, 0.25) is 5.15 Å². The van der Waals surface area contributed by atoms with Crippen LogP contribution in [0.3, 0.4) is 0 Å². The number of hydrogen-bond donors (Lipinski definition) is 1. The fraction of sp³-hybridized carbons (Fsp3) is 0.524. The van der Waals surface area contributed by atoms with Crippen molar-refractivity contribution in [1.29, 1.82) is 0 Å². The van der Waals surface area contributed by atoms with Crippen LogP contribution in [-0.2, 0) is 22.6 Å². The Labute approximate surface area is 378 Å². The van der Waals surface area contributed by atoms with Gasteiger partial charge in [-0.1, -0.05) is 11.6 Å². The molecule has 20 nitrogen and oxygen atoms in total. The number of hydrogen-bond acceptors (Lipinski definition) is 16. The van der Waals surface area contributed by atoms with E-state index in [1.54, 1.807) is 73.3 Å². The van der Waals surface area contributed by atoms with Crippen LogP contribution in [0.1, 0.15) is 67.0 Å². The zero-order valence-corrected chi connectivity index (χ0v) is 38.7. The number of halogens is 3. The summed E-state index contributed by atoms with van der Waals surface area (Å²) >= 11 is 6.05. The number of ether oxygens (including phenoxy) is 3. The second kappa shape index (κ2) is 19.8. The summed E-state index contributed by atoms with van der Waals surface area (Å²) in [6.45, 7) is 19.3. The maximum Gasteiger partial charge on any atom is 0.410 e. The quantitative estimate of drug-likeness (QED) is 0.185. The molecule has 0 aliphatic carbocycles. The number of fused-ring (bicyclic) bond motifs is 2. The van der Waals surface area contributed by atoms with E-state index in [1.807, 2.05) is 29.9 Å². The van der Waals surface area contributed by atoms with E-state index in [-0.39, 0.29) is 32.1 Å². The van der Waals surface area contributed by atoms with E-state index in [9.17, 15) is 18.4 Å². The van der Waals surface area contributed by atoms with Crippen molar-refractivity contribution in [1.82, 2.24) is 68.8 Å². The minimum absolute atomic E-state index is 0.0100. The van der Waals surface area contributed by atoms with Crippen molar-refractivity contribution in [2.45, 2.75) is 118 Å². The molecule has 0 saturated carbocycles. The maximum atomic E-state index is 14.7. The second-order valence-electron chi connectivity index (χ2n) is 17.1. The van der Waals surface area contributed by atoms with E-state index in [0.29, 0.717) is 40.0 Å². The van der Waals surface area contributed by atoms with Gasteiger partial charge in [0.15, 0.2) is 34.2 Å². The molecular weight excluding hydrogens is 870 g/mol. The number of alkyl halides is 2. The first-order chi connectivity index (χ1) is 30.7. The minimum Gasteiger partial charge on any atom is -0.468 e. The first-order valence-electron chi connectivity index (χ1n) is 20.9. The maximum absolute atomic E-state index is 14.7. The molecule has 2 amide bonds. The number of imidazole rings is 2. The number of amides is 2. The van der Waals surface area contributed by atoms with Gasteiger partial charge in [0.25, 0.3) is 0 Å². The lowest BCUT2D eigenvalue weighted by Gasteiger charge is -2.24. The molecule has 8 heterocycles. The third-order valence-electron chi connectivity index (χ3n) is 9.68. The van der Waals surface area contributed by atoms with Crippen molar-refractivity contribution in [2.75, 3.05) is 26.2 Å². The van der Waals surface area contributed by atoms with E-state index in [0.717, 1.165) is 35.0 Å². The molecule has 2 aliphatic rings. The SMILES string of the molecule is CC(C)(C)OC(=O)N1CC(O)C(F)C1.CCn1c(-c2cnc(C)nc2)nc2c(Cl)ncnc21.CCn1c(-c2cnc(C)nc2)nc2c(OC3CN(C(=O)OC(C)(C)C)CC3F)ncnc21. The van der Waals surface area contributed by atoms with Crippen LogP contribution < -0.4 is 4.74 Å². The molecule has 0 radical (unpaired) electrons. The van der Waals surface area contributed by atoms with Gasteiger partial charge in [0.2, 0.25) is 5.88 Å². The van der Waals surface area contributed by atoms with Gasteiger partial charge in [0.05, 0.1) is 37.3 Å². The largest absolute Gasteiger partial charge is 0.468 e. The molecule has 0 spiro atoms. The number of nitrogens with zero attached hydrogens (tertiary/aromatic N) is 14. The average molecular weight is 923 g/mol. The van der Waals surface area contributed by atoms with E-state index < -0.39 is 47.9 Å². The minimum atomic E-state index is -1.38. The Kier molecular flexibility index (Phi) is 14.7. The van der Waals surface area contributed by atoms with Gasteiger partial charge >= 0.3 is 12.2 Å². The van der Waals surface area contributed by atoms with E-state index in [2.05, 4.69) is 49.8 Å². The molecule has 4 atom stereocenters. The number of aliphatic hydroxyl groups excluding tert-OH is 1. The number of aromatic nitrogens is 12. The summed E-state index contributed by atoms with van der Waals surface area (Å²) in [5.41, 5.74) is 2.60. The van der Waals surface area contributed by atoms with Gasteiger partial charge in [-0.2, -0.15) is 4.98 Å². The summed E-state index contributed by atoms with van der Waals surface area (Å²) in [5.74, 6) is 2.91. The molecule has 2 saturated heterocycles. The molecule has 0 aromatic carbocycles. The van der Waals surface area contributed by atoms with Gasteiger partial charge in [-0.05, 0) is 69.2 Å². The van der Waals surface area contributed by atoms with Crippen LogP contribution in [0, 0.1) is 13.8 Å². The Hall–Kier alpha value is -6.29. The number of carbonyl (C=O) groups is 2. The highest BCUT2D eigenvalue weighted by molar-refractivity contribution is 6.33. The molecule has 0 bridgehead atoms. The van der Waals surface area contributed by atoms with Crippen LogP contribution in [0.4, 0.5) is 18.4 Å². The number of likely N-dealkylation sites (tertiary alicyclic amines) is 2. The lowest BCUT2D eigenvalue weighted by atomic mass is 10.2. The zero-order chi connectivity index (χ0) is 47.4. The number of carbonyl (C=O) groups excluding carboxylic acids is 2. The van der Waals surface area contributed by atoms with Gasteiger partial charge in [0.1, 0.15) is 64.9 Å². The Morgan fingerprint density at radius 3 is 1.58 bits per heavy atom. The van der Waals surface area contributed by atoms with Gasteiger partial charge in [0, 0.05) is 37.9 Å². The molecule has 6 aromatic heterocycles. The molecule has 4 unspecified atom stereocenters. The predicted octanol–water partition coefficient (Wildman–Crippen LogP) is 6.15. The molecule has 2 aliphatic heterocycles. The summed E-state index contributed by atoms with van der Waals surface area (Å²) in [6, 6.07) is 0. The Bertz CT molecular complexity index is 2590. The van der Waals surface area contributed by atoms with Gasteiger partial charge in [-0.15, -0.1) is 0 Å². The predicted molar refractivity (Wildman–Crippen MR) is 234 cm³/mol. The highest BCUT2D eigenvalue weighted by atomic mass is 35.5. The van der Waals surface area contributed by atoms with Gasteiger partial charge < -0.3 is 38.3 Å². The zero-order valence-electron chi connectivity index (χ0n) is 37.9. The summed E-state index contributed by atoms with van der Waals surface area (Å²) in [7, 11) is 0. The fourth-order valence-electron chi connectivity index (χ4n) is 6.65. The van der Waals surface area contributed by atoms with E-state index in [4.69, 9.17) is 30.9 Å². The summed E-state index contributed by atoms with van der Waals surface area (Å²) in [6.07, 6.45) is 3.81. The van der Waals surface area contributed by atoms with E-state index in [1.165, 1.54) is 22.5 Å². The highest BCUT2D eigenvalue weighted by Crippen LogP contribution is 2.30. The molecule has 348 valence electrons. The molecule has 6 aromatic rings.